The van der Waals surface area contributed by atoms with Crippen molar-refractivity contribution in [2.24, 2.45) is 4.99 Å². The lowest BCUT2D eigenvalue weighted by molar-refractivity contribution is -0.127. The number of aliphatic imine (C=N–C) groups is 1. The van der Waals surface area contributed by atoms with Crippen LogP contribution in [-0.4, -0.2) is 63.2 Å². The fourth-order valence-corrected chi connectivity index (χ4v) is 2.43. The Kier molecular flexibility index (Phi) is 14.0. The Morgan fingerprint density at radius 2 is 1.92 bits per heavy atom. The Morgan fingerprint density at radius 1 is 1.25 bits per heavy atom. The van der Waals surface area contributed by atoms with Gasteiger partial charge in [0.25, 0.3) is 0 Å². The molecule has 1 fully saturated rings. The molecular weight excluding hydrogens is 419 g/mol. The number of ether oxygens (including phenoxy) is 1. The first-order valence-corrected chi connectivity index (χ1v) is 8.58. The van der Waals surface area contributed by atoms with Crippen LogP contribution in [0.25, 0.3) is 0 Å². The molecule has 0 aromatic heterocycles. The van der Waals surface area contributed by atoms with Gasteiger partial charge in [0, 0.05) is 27.2 Å². The zero-order chi connectivity index (χ0) is 16.9. The fraction of sp³-hybridized carbons (Fsp3) is 0.765. The Balaban J connectivity index is 0.00000529. The molecule has 0 atom stereocenters. The number of carbonyl (C=O) groups is 1. The van der Waals surface area contributed by atoms with E-state index in [2.05, 4.69) is 22.2 Å². The number of hydrogen-bond donors (Lipinski definition) is 2. The molecule has 1 saturated carbocycles. The van der Waals surface area contributed by atoms with Gasteiger partial charge in [0.05, 0.1) is 12.7 Å². The van der Waals surface area contributed by atoms with Gasteiger partial charge in [0.2, 0.25) is 5.91 Å². The minimum Gasteiger partial charge on any atom is -0.376 e. The van der Waals surface area contributed by atoms with Crippen LogP contribution in [0.1, 0.15) is 38.5 Å². The van der Waals surface area contributed by atoms with Gasteiger partial charge in [-0.25, -0.2) is 4.99 Å². The summed E-state index contributed by atoms with van der Waals surface area (Å²) in [7, 11) is 3.45. The quantitative estimate of drug-likeness (QED) is 0.148. The second-order valence-electron chi connectivity index (χ2n) is 6.03. The van der Waals surface area contributed by atoms with Gasteiger partial charge in [-0.2, -0.15) is 0 Å². The Bertz CT molecular complexity index is 381. The summed E-state index contributed by atoms with van der Waals surface area (Å²) in [4.78, 5) is 17.4. The van der Waals surface area contributed by atoms with Crippen LogP contribution in [-0.2, 0) is 9.53 Å². The third kappa shape index (κ3) is 10.9. The third-order valence-corrected chi connectivity index (χ3v) is 3.84. The standard InChI is InChI=1S/C17H32N4O2.HI/c1-4-11-18-17(20-14-16(22)21(2)3)19-12-13-23-15-9-7-5-6-8-10-15;/h4,15H,1,5-14H2,2-3H3,(H2,18,19,20);1H. The number of rotatable bonds is 8. The van der Waals surface area contributed by atoms with E-state index in [-0.39, 0.29) is 36.4 Å². The van der Waals surface area contributed by atoms with Crippen LogP contribution >= 0.6 is 24.0 Å². The SMILES string of the molecule is C=CCNC(=NCC(=O)N(C)C)NCCOC1CCCCCC1.I. The van der Waals surface area contributed by atoms with Crippen molar-refractivity contribution in [3.8, 4) is 0 Å². The van der Waals surface area contributed by atoms with Crippen LogP contribution in [0.3, 0.4) is 0 Å². The molecule has 0 bridgehead atoms. The van der Waals surface area contributed by atoms with Gasteiger partial charge in [-0.05, 0) is 12.8 Å². The fourth-order valence-electron chi connectivity index (χ4n) is 2.43. The number of hydrogen-bond acceptors (Lipinski definition) is 3. The number of carbonyl (C=O) groups excluding carboxylic acids is 1. The van der Waals surface area contributed by atoms with Crippen molar-refractivity contribution in [3.63, 3.8) is 0 Å². The molecule has 24 heavy (non-hydrogen) atoms. The summed E-state index contributed by atoms with van der Waals surface area (Å²) in [5, 5.41) is 6.31. The molecular formula is C17H33IN4O2. The Morgan fingerprint density at radius 3 is 2.50 bits per heavy atom. The molecule has 0 radical (unpaired) electrons. The zero-order valence-electron chi connectivity index (χ0n) is 15.1. The summed E-state index contributed by atoms with van der Waals surface area (Å²) in [6.07, 6.45) is 9.72. The van der Waals surface area contributed by atoms with E-state index < -0.39 is 0 Å². The first-order valence-electron chi connectivity index (χ1n) is 8.58. The smallest absolute Gasteiger partial charge is 0.243 e. The van der Waals surface area contributed by atoms with Gasteiger partial charge in [-0.3, -0.25) is 4.79 Å². The van der Waals surface area contributed by atoms with E-state index in [1.165, 1.54) is 43.4 Å². The highest BCUT2D eigenvalue weighted by Crippen LogP contribution is 2.19. The molecule has 0 aromatic rings. The second kappa shape index (κ2) is 14.5. The van der Waals surface area contributed by atoms with Crippen molar-refractivity contribution in [3.05, 3.63) is 12.7 Å². The summed E-state index contributed by atoms with van der Waals surface area (Å²) >= 11 is 0. The molecule has 0 aromatic carbocycles. The molecule has 6 nitrogen and oxygen atoms in total. The highest BCUT2D eigenvalue weighted by molar-refractivity contribution is 14.0. The van der Waals surface area contributed by atoms with Crippen molar-refractivity contribution in [1.82, 2.24) is 15.5 Å². The van der Waals surface area contributed by atoms with Crippen molar-refractivity contribution >= 4 is 35.8 Å². The van der Waals surface area contributed by atoms with Crippen LogP contribution < -0.4 is 10.6 Å². The summed E-state index contributed by atoms with van der Waals surface area (Å²) < 4.78 is 5.94. The normalized spacial score (nSPS) is 15.8. The Hall–Kier alpha value is -0.830. The number of nitrogens with zero attached hydrogens (tertiary/aromatic N) is 2. The first kappa shape index (κ1) is 23.2. The average molecular weight is 452 g/mol. The topological polar surface area (TPSA) is 66.0 Å². The Labute approximate surface area is 163 Å². The van der Waals surface area contributed by atoms with Gasteiger partial charge in [0.1, 0.15) is 6.54 Å². The van der Waals surface area contributed by atoms with Crippen LogP contribution in [0.5, 0.6) is 0 Å². The minimum atomic E-state index is -0.0283. The maximum Gasteiger partial charge on any atom is 0.243 e. The molecule has 1 aliphatic carbocycles. The second-order valence-corrected chi connectivity index (χ2v) is 6.03. The zero-order valence-corrected chi connectivity index (χ0v) is 17.4. The molecule has 0 unspecified atom stereocenters. The van der Waals surface area contributed by atoms with Gasteiger partial charge in [-0.15, -0.1) is 30.6 Å². The monoisotopic (exact) mass is 452 g/mol. The number of guanidine groups is 1. The van der Waals surface area contributed by atoms with Crippen molar-refractivity contribution in [2.75, 3.05) is 40.3 Å². The molecule has 1 rings (SSSR count). The first-order chi connectivity index (χ1) is 11.1. The lowest BCUT2D eigenvalue weighted by Crippen LogP contribution is -2.40. The van der Waals surface area contributed by atoms with Crippen molar-refractivity contribution in [1.29, 1.82) is 0 Å². The van der Waals surface area contributed by atoms with E-state index in [0.29, 0.717) is 31.8 Å². The van der Waals surface area contributed by atoms with Gasteiger partial charge >= 0.3 is 0 Å². The predicted molar refractivity (Wildman–Crippen MR) is 110 cm³/mol. The lowest BCUT2D eigenvalue weighted by Gasteiger charge is -2.17. The van der Waals surface area contributed by atoms with E-state index in [4.69, 9.17) is 4.74 Å². The van der Waals surface area contributed by atoms with E-state index >= 15 is 0 Å². The van der Waals surface area contributed by atoms with E-state index in [9.17, 15) is 4.79 Å². The van der Waals surface area contributed by atoms with Crippen LogP contribution in [0.4, 0.5) is 0 Å². The molecule has 2 N–H and O–H groups in total. The molecule has 1 amide bonds. The summed E-state index contributed by atoms with van der Waals surface area (Å²) in [6, 6.07) is 0. The maximum atomic E-state index is 11.6. The number of likely N-dealkylation sites (N-methyl/N-ethyl adjacent to an activating group) is 1. The van der Waals surface area contributed by atoms with Gasteiger partial charge in [-0.1, -0.05) is 31.8 Å². The molecule has 0 heterocycles. The summed E-state index contributed by atoms with van der Waals surface area (Å²) in [5.74, 6) is 0.587. The number of halogens is 1. The molecule has 1 aliphatic rings. The minimum absolute atomic E-state index is 0. The van der Waals surface area contributed by atoms with E-state index in [1.54, 1.807) is 20.2 Å². The van der Waals surface area contributed by atoms with Crippen LogP contribution in [0.15, 0.2) is 17.6 Å². The largest absolute Gasteiger partial charge is 0.376 e. The molecule has 7 heteroatoms. The molecule has 140 valence electrons. The lowest BCUT2D eigenvalue weighted by atomic mass is 10.1. The third-order valence-electron chi connectivity index (χ3n) is 3.84. The van der Waals surface area contributed by atoms with E-state index in [0.717, 1.165) is 0 Å². The average Bonchev–Trinajstić information content (AvgIpc) is 2.81. The molecule has 0 saturated heterocycles. The predicted octanol–water partition coefficient (Wildman–Crippen LogP) is 2.15. The highest BCUT2D eigenvalue weighted by Gasteiger charge is 2.12. The molecule has 0 aliphatic heterocycles. The van der Waals surface area contributed by atoms with Crippen molar-refractivity contribution in [2.45, 2.75) is 44.6 Å². The molecule has 0 spiro atoms. The van der Waals surface area contributed by atoms with Gasteiger partial charge < -0.3 is 20.3 Å². The highest BCUT2D eigenvalue weighted by atomic mass is 127. The van der Waals surface area contributed by atoms with Crippen molar-refractivity contribution < 1.29 is 9.53 Å². The number of amides is 1. The van der Waals surface area contributed by atoms with E-state index in [1.807, 2.05) is 0 Å². The number of nitrogens with one attached hydrogen (secondary N) is 2. The van der Waals surface area contributed by atoms with Gasteiger partial charge in [0.15, 0.2) is 5.96 Å². The summed E-state index contributed by atoms with van der Waals surface area (Å²) in [5.41, 5.74) is 0. The maximum absolute atomic E-state index is 11.6. The van der Waals surface area contributed by atoms with Crippen LogP contribution in [0, 0.1) is 0 Å². The summed E-state index contributed by atoms with van der Waals surface area (Å²) in [6.45, 7) is 5.74. The van der Waals surface area contributed by atoms with Crippen LogP contribution in [0.2, 0.25) is 0 Å².